The Bertz CT molecular complexity index is 901. The standard InChI is InChI=1S/C16H10Cl3N3O2/c17-9-1-3-11(4-2-9)22-14(23)7-24-16-12-5-10(18)6-13(19)15(12)20-8-21-16/h1-6,8H,7H2,(H,22,23). The molecule has 0 fully saturated rings. The summed E-state index contributed by atoms with van der Waals surface area (Å²) < 4.78 is 5.48. The highest BCUT2D eigenvalue weighted by atomic mass is 35.5. The summed E-state index contributed by atoms with van der Waals surface area (Å²) in [6.07, 6.45) is 1.31. The number of nitrogens with zero attached hydrogens (tertiary/aromatic N) is 2. The molecule has 1 heterocycles. The van der Waals surface area contributed by atoms with Gasteiger partial charge in [-0.15, -0.1) is 0 Å². The van der Waals surface area contributed by atoms with Crippen LogP contribution in [0.3, 0.4) is 0 Å². The lowest BCUT2D eigenvalue weighted by Gasteiger charge is -2.09. The van der Waals surface area contributed by atoms with Gasteiger partial charge in [-0.1, -0.05) is 34.8 Å². The molecule has 0 bridgehead atoms. The molecule has 0 atom stereocenters. The Labute approximate surface area is 152 Å². The maximum Gasteiger partial charge on any atom is 0.262 e. The zero-order chi connectivity index (χ0) is 17.1. The highest BCUT2D eigenvalue weighted by molar-refractivity contribution is 6.38. The molecule has 2 aromatic carbocycles. The van der Waals surface area contributed by atoms with E-state index in [0.717, 1.165) is 0 Å². The average Bonchev–Trinajstić information content (AvgIpc) is 2.55. The molecular formula is C16H10Cl3N3O2. The molecule has 3 rings (SSSR count). The number of nitrogens with one attached hydrogen (secondary N) is 1. The second-order valence-corrected chi connectivity index (χ2v) is 6.09. The maximum atomic E-state index is 12.0. The molecule has 5 nitrogen and oxygen atoms in total. The first-order valence-corrected chi connectivity index (χ1v) is 7.94. The third kappa shape index (κ3) is 3.87. The molecule has 122 valence electrons. The molecule has 0 saturated carbocycles. The van der Waals surface area contributed by atoms with Gasteiger partial charge in [0.05, 0.1) is 15.9 Å². The molecule has 0 aliphatic heterocycles. The summed E-state index contributed by atoms with van der Waals surface area (Å²) in [5.74, 6) is -0.104. The minimum absolute atomic E-state index is 0.223. The fourth-order valence-corrected chi connectivity index (χ4v) is 2.72. The summed E-state index contributed by atoms with van der Waals surface area (Å²) in [6.45, 7) is -0.223. The van der Waals surface area contributed by atoms with Crippen molar-refractivity contribution >= 4 is 57.3 Å². The molecule has 1 N–H and O–H groups in total. The second-order valence-electron chi connectivity index (χ2n) is 4.81. The van der Waals surface area contributed by atoms with E-state index in [2.05, 4.69) is 15.3 Å². The summed E-state index contributed by atoms with van der Waals surface area (Å²) in [4.78, 5) is 20.1. The van der Waals surface area contributed by atoms with E-state index in [1.807, 2.05) is 0 Å². The number of anilines is 1. The molecular weight excluding hydrogens is 373 g/mol. The second kappa shape index (κ2) is 7.21. The smallest absolute Gasteiger partial charge is 0.262 e. The van der Waals surface area contributed by atoms with Crippen molar-refractivity contribution in [1.82, 2.24) is 9.97 Å². The van der Waals surface area contributed by atoms with Crippen molar-refractivity contribution in [3.63, 3.8) is 0 Å². The lowest BCUT2D eigenvalue weighted by Crippen LogP contribution is -2.20. The Morgan fingerprint density at radius 1 is 1.04 bits per heavy atom. The molecule has 8 heteroatoms. The lowest BCUT2D eigenvalue weighted by molar-refractivity contribution is -0.118. The number of amides is 1. The number of hydrogen-bond acceptors (Lipinski definition) is 4. The van der Waals surface area contributed by atoms with Gasteiger partial charge in [-0.3, -0.25) is 4.79 Å². The number of carbonyl (C=O) groups is 1. The Kier molecular flexibility index (Phi) is 5.04. The number of fused-ring (bicyclic) bond motifs is 1. The van der Waals surface area contributed by atoms with Crippen LogP contribution in [0.15, 0.2) is 42.7 Å². The van der Waals surface area contributed by atoms with Crippen LogP contribution in [0.1, 0.15) is 0 Å². The van der Waals surface area contributed by atoms with Gasteiger partial charge < -0.3 is 10.1 Å². The van der Waals surface area contributed by atoms with E-state index >= 15 is 0 Å². The van der Waals surface area contributed by atoms with Gasteiger partial charge in [0.2, 0.25) is 5.88 Å². The van der Waals surface area contributed by atoms with Crippen molar-refractivity contribution < 1.29 is 9.53 Å². The summed E-state index contributed by atoms with van der Waals surface area (Å²) in [5, 5.41) is 4.63. The van der Waals surface area contributed by atoms with Crippen LogP contribution in [0, 0.1) is 0 Å². The number of rotatable bonds is 4. The molecule has 3 aromatic rings. The van der Waals surface area contributed by atoms with Gasteiger partial charge in [0.15, 0.2) is 6.61 Å². The molecule has 0 radical (unpaired) electrons. The van der Waals surface area contributed by atoms with Gasteiger partial charge in [-0.05, 0) is 36.4 Å². The lowest BCUT2D eigenvalue weighted by atomic mass is 10.2. The van der Waals surface area contributed by atoms with Crippen LogP contribution in [0.5, 0.6) is 5.88 Å². The summed E-state index contributed by atoms with van der Waals surface area (Å²) >= 11 is 17.9. The van der Waals surface area contributed by atoms with Crippen LogP contribution in [0.2, 0.25) is 15.1 Å². The zero-order valence-corrected chi connectivity index (χ0v) is 14.4. The van der Waals surface area contributed by atoms with Crippen LogP contribution >= 0.6 is 34.8 Å². The molecule has 0 aliphatic rings. The molecule has 0 aliphatic carbocycles. The van der Waals surface area contributed by atoms with Gasteiger partial charge in [0, 0.05) is 15.7 Å². The quantitative estimate of drug-likeness (QED) is 0.716. The molecule has 24 heavy (non-hydrogen) atoms. The summed E-state index contributed by atoms with van der Waals surface area (Å²) in [5.41, 5.74) is 1.12. The van der Waals surface area contributed by atoms with E-state index in [1.165, 1.54) is 6.33 Å². The molecule has 1 amide bonds. The van der Waals surface area contributed by atoms with Crippen molar-refractivity contribution in [1.29, 1.82) is 0 Å². The number of carbonyl (C=O) groups excluding carboxylic acids is 1. The van der Waals surface area contributed by atoms with Crippen LogP contribution in [-0.2, 0) is 4.79 Å². The van der Waals surface area contributed by atoms with E-state index in [1.54, 1.807) is 36.4 Å². The van der Waals surface area contributed by atoms with Gasteiger partial charge >= 0.3 is 0 Å². The van der Waals surface area contributed by atoms with Crippen molar-refractivity contribution in [2.75, 3.05) is 11.9 Å². The minimum atomic E-state index is -0.336. The van der Waals surface area contributed by atoms with Crippen molar-refractivity contribution in [2.45, 2.75) is 0 Å². The fraction of sp³-hybridized carbons (Fsp3) is 0.0625. The molecule has 0 unspecified atom stereocenters. The first-order chi connectivity index (χ1) is 11.5. The zero-order valence-electron chi connectivity index (χ0n) is 12.1. The van der Waals surface area contributed by atoms with Crippen molar-refractivity contribution in [3.05, 3.63) is 57.8 Å². The Morgan fingerprint density at radius 2 is 1.79 bits per heavy atom. The predicted octanol–water partition coefficient (Wildman–Crippen LogP) is 4.61. The van der Waals surface area contributed by atoms with Gasteiger partial charge in [-0.2, -0.15) is 0 Å². The number of halogens is 3. The number of ether oxygens (including phenoxy) is 1. The van der Waals surface area contributed by atoms with Gasteiger partial charge in [-0.25, -0.2) is 9.97 Å². The summed E-state index contributed by atoms with van der Waals surface area (Å²) in [6, 6.07) is 9.96. The van der Waals surface area contributed by atoms with Gasteiger partial charge in [0.1, 0.15) is 6.33 Å². The molecule has 0 spiro atoms. The Morgan fingerprint density at radius 3 is 2.54 bits per heavy atom. The van der Waals surface area contributed by atoms with E-state index in [0.29, 0.717) is 31.7 Å². The normalized spacial score (nSPS) is 10.6. The fourth-order valence-electron chi connectivity index (χ4n) is 2.05. The van der Waals surface area contributed by atoms with Crippen molar-refractivity contribution in [2.24, 2.45) is 0 Å². The Balaban J connectivity index is 1.73. The van der Waals surface area contributed by atoms with Crippen LogP contribution in [0.4, 0.5) is 5.69 Å². The van der Waals surface area contributed by atoms with E-state index in [4.69, 9.17) is 39.5 Å². The van der Waals surface area contributed by atoms with E-state index in [-0.39, 0.29) is 18.4 Å². The largest absolute Gasteiger partial charge is 0.467 e. The van der Waals surface area contributed by atoms with Crippen molar-refractivity contribution in [3.8, 4) is 5.88 Å². The SMILES string of the molecule is O=C(COc1ncnc2c(Cl)cc(Cl)cc12)Nc1ccc(Cl)cc1. The maximum absolute atomic E-state index is 12.0. The number of benzene rings is 2. The third-order valence-corrected chi connectivity index (χ3v) is 3.85. The molecule has 0 saturated heterocycles. The first kappa shape index (κ1) is 16.8. The topological polar surface area (TPSA) is 64.1 Å². The van der Waals surface area contributed by atoms with E-state index in [9.17, 15) is 4.79 Å². The third-order valence-electron chi connectivity index (χ3n) is 3.09. The highest BCUT2D eigenvalue weighted by Crippen LogP contribution is 2.30. The van der Waals surface area contributed by atoms with Crippen LogP contribution in [0.25, 0.3) is 10.9 Å². The average molecular weight is 383 g/mol. The predicted molar refractivity (Wildman–Crippen MR) is 95.1 cm³/mol. The summed E-state index contributed by atoms with van der Waals surface area (Å²) in [7, 11) is 0. The van der Waals surface area contributed by atoms with Crippen LogP contribution < -0.4 is 10.1 Å². The monoisotopic (exact) mass is 381 g/mol. The van der Waals surface area contributed by atoms with Gasteiger partial charge in [0.25, 0.3) is 5.91 Å². The molecule has 1 aromatic heterocycles. The van der Waals surface area contributed by atoms with E-state index < -0.39 is 0 Å². The van der Waals surface area contributed by atoms with Crippen LogP contribution in [-0.4, -0.2) is 22.5 Å². The Hall–Kier alpha value is -2.08. The minimum Gasteiger partial charge on any atom is -0.467 e. The number of aromatic nitrogens is 2. The number of hydrogen-bond donors (Lipinski definition) is 1. The first-order valence-electron chi connectivity index (χ1n) is 6.81. The highest BCUT2D eigenvalue weighted by Gasteiger charge is 2.11.